The van der Waals surface area contributed by atoms with Gasteiger partial charge in [-0.15, -0.1) is 0 Å². The zero-order valence-corrected chi connectivity index (χ0v) is 14.1. The predicted molar refractivity (Wildman–Crippen MR) is 85.9 cm³/mol. The van der Waals surface area contributed by atoms with Crippen molar-refractivity contribution in [2.75, 3.05) is 13.7 Å². The molecule has 0 aliphatic rings. The second-order valence-corrected chi connectivity index (χ2v) is 5.01. The first kappa shape index (κ1) is 18.3. The van der Waals surface area contributed by atoms with Crippen molar-refractivity contribution >= 4 is 0 Å². The Balaban J connectivity index is 0.00000242. The molecule has 120 valence electrons. The standard InChI is InChI=1S/C18H23NO2.ClH/c1-4-21-17-10-9-16(11-18(17)20-3)13-19-12-15-7-5-14(2)6-8-15;/h5-11,19H,4,12-13H2,1-3H3;1H/p-1. The summed E-state index contributed by atoms with van der Waals surface area (Å²) in [5, 5.41) is 3.44. The van der Waals surface area contributed by atoms with Crippen molar-refractivity contribution in [3.8, 4) is 11.5 Å². The van der Waals surface area contributed by atoms with Gasteiger partial charge >= 0.3 is 0 Å². The third kappa shape index (κ3) is 5.24. The van der Waals surface area contributed by atoms with E-state index >= 15 is 0 Å². The Bertz CT molecular complexity index is 570. The molecule has 1 N–H and O–H groups in total. The molecule has 0 amide bonds. The molecule has 0 aliphatic heterocycles. The summed E-state index contributed by atoms with van der Waals surface area (Å²) in [4.78, 5) is 0. The Morgan fingerprint density at radius 1 is 0.909 bits per heavy atom. The second kappa shape index (κ2) is 9.34. The molecule has 2 aromatic carbocycles. The average molecular weight is 321 g/mol. The van der Waals surface area contributed by atoms with Gasteiger partial charge in [0.15, 0.2) is 11.5 Å². The van der Waals surface area contributed by atoms with Crippen molar-refractivity contribution in [3.63, 3.8) is 0 Å². The molecule has 22 heavy (non-hydrogen) atoms. The number of halogens is 1. The minimum absolute atomic E-state index is 0. The normalized spacial score (nSPS) is 9.95. The van der Waals surface area contributed by atoms with Gasteiger partial charge in [0.25, 0.3) is 0 Å². The molecule has 3 nitrogen and oxygen atoms in total. The lowest BCUT2D eigenvalue weighted by Gasteiger charge is -2.11. The van der Waals surface area contributed by atoms with Gasteiger partial charge in [0, 0.05) is 13.1 Å². The molecule has 0 bridgehead atoms. The van der Waals surface area contributed by atoms with E-state index in [4.69, 9.17) is 9.47 Å². The number of hydrogen-bond donors (Lipinski definition) is 1. The van der Waals surface area contributed by atoms with Gasteiger partial charge < -0.3 is 27.2 Å². The third-order valence-electron chi connectivity index (χ3n) is 3.31. The molecule has 2 aromatic rings. The zero-order chi connectivity index (χ0) is 15.1. The van der Waals surface area contributed by atoms with Crippen LogP contribution in [0.1, 0.15) is 23.6 Å². The molecule has 0 aliphatic carbocycles. The number of hydrogen-bond acceptors (Lipinski definition) is 3. The molecule has 4 heteroatoms. The fraction of sp³-hybridized carbons (Fsp3) is 0.333. The summed E-state index contributed by atoms with van der Waals surface area (Å²) >= 11 is 0. The van der Waals surface area contributed by atoms with Crippen molar-refractivity contribution in [2.24, 2.45) is 0 Å². The van der Waals surface area contributed by atoms with Crippen LogP contribution in [0.25, 0.3) is 0 Å². The van der Waals surface area contributed by atoms with Gasteiger partial charge in [0.1, 0.15) is 0 Å². The van der Waals surface area contributed by atoms with Gasteiger partial charge in [0.2, 0.25) is 0 Å². The third-order valence-corrected chi connectivity index (χ3v) is 3.31. The van der Waals surface area contributed by atoms with Crippen LogP contribution >= 0.6 is 0 Å². The van der Waals surface area contributed by atoms with Crippen molar-refractivity contribution in [2.45, 2.75) is 26.9 Å². The lowest BCUT2D eigenvalue weighted by atomic mass is 10.1. The van der Waals surface area contributed by atoms with Gasteiger partial charge in [-0.25, -0.2) is 0 Å². The lowest BCUT2D eigenvalue weighted by Crippen LogP contribution is -3.00. The van der Waals surface area contributed by atoms with E-state index in [9.17, 15) is 0 Å². The lowest BCUT2D eigenvalue weighted by molar-refractivity contribution is -0.00000517. The average Bonchev–Trinajstić information content (AvgIpc) is 2.51. The number of ether oxygens (including phenoxy) is 2. The maximum Gasteiger partial charge on any atom is 0.161 e. The maximum absolute atomic E-state index is 5.52. The Kier molecular flexibility index (Phi) is 7.78. The molecule has 0 aromatic heterocycles. The molecule has 0 atom stereocenters. The van der Waals surface area contributed by atoms with Crippen LogP contribution in [0.3, 0.4) is 0 Å². The van der Waals surface area contributed by atoms with E-state index in [0.717, 1.165) is 24.6 Å². The van der Waals surface area contributed by atoms with Crippen LogP contribution in [0, 0.1) is 6.92 Å². The summed E-state index contributed by atoms with van der Waals surface area (Å²) in [6.07, 6.45) is 0. The fourth-order valence-corrected chi connectivity index (χ4v) is 2.15. The summed E-state index contributed by atoms with van der Waals surface area (Å²) in [5.41, 5.74) is 3.76. The molecule has 0 saturated heterocycles. The fourth-order valence-electron chi connectivity index (χ4n) is 2.15. The van der Waals surface area contributed by atoms with Gasteiger partial charge in [0.05, 0.1) is 13.7 Å². The van der Waals surface area contributed by atoms with E-state index in [-0.39, 0.29) is 12.4 Å². The van der Waals surface area contributed by atoms with E-state index in [1.54, 1.807) is 7.11 Å². The highest BCUT2D eigenvalue weighted by Gasteiger charge is 2.05. The second-order valence-electron chi connectivity index (χ2n) is 5.01. The largest absolute Gasteiger partial charge is 1.00 e. The summed E-state index contributed by atoms with van der Waals surface area (Å²) in [5.74, 6) is 1.58. The molecular weight excluding hydrogens is 298 g/mol. The highest BCUT2D eigenvalue weighted by atomic mass is 35.5. The Morgan fingerprint density at radius 2 is 1.55 bits per heavy atom. The van der Waals surface area contributed by atoms with Gasteiger partial charge in [-0.1, -0.05) is 35.9 Å². The number of rotatable bonds is 7. The first-order valence-electron chi connectivity index (χ1n) is 7.29. The van der Waals surface area contributed by atoms with Crippen molar-refractivity contribution in [1.82, 2.24) is 5.32 Å². The van der Waals surface area contributed by atoms with Gasteiger partial charge in [-0.05, 0) is 37.1 Å². The summed E-state index contributed by atoms with van der Waals surface area (Å²) in [6, 6.07) is 14.6. The zero-order valence-electron chi connectivity index (χ0n) is 13.4. The van der Waals surface area contributed by atoms with Crippen molar-refractivity contribution in [1.29, 1.82) is 0 Å². The monoisotopic (exact) mass is 320 g/mol. The highest BCUT2D eigenvalue weighted by molar-refractivity contribution is 5.42. The van der Waals surface area contributed by atoms with E-state index in [2.05, 4.69) is 42.6 Å². The number of methoxy groups -OCH3 is 1. The highest BCUT2D eigenvalue weighted by Crippen LogP contribution is 2.27. The predicted octanol–water partition coefficient (Wildman–Crippen LogP) is 0.696. The quantitative estimate of drug-likeness (QED) is 0.814. The molecule has 0 spiro atoms. The summed E-state index contributed by atoms with van der Waals surface area (Å²) in [6.45, 7) is 6.37. The SMILES string of the molecule is CCOc1ccc(CNCc2ccc(C)cc2)cc1OC.[Cl-]. The van der Waals surface area contributed by atoms with Gasteiger partial charge in [-0.3, -0.25) is 0 Å². The van der Waals surface area contributed by atoms with Crippen LogP contribution in [0.15, 0.2) is 42.5 Å². The summed E-state index contributed by atoms with van der Waals surface area (Å²) < 4.78 is 10.9. The maximum atomic E-state index is 5.52. The molecular formula is C18H23ClNO2-. The van der Waals surface area contributed by atoms with Crippen molar-refractivity contribution < 1.29 is 21.9 Å². The van der Waals surface area contributed by atoms with Crippen LogP contribution in [-0.4, -0.2) is 13.7 Å². The number of benzene rings is 2. The van der Waals surface area contributed by atoms with Crippen LogP contribution in [0.4, 0.5) is 0 Å². The molecule has 0 heterocycles. The Labute approximate surface area is 139 Å². The minimum atomic E-state index is 0. The van der Waals surface area contributed by atoms with E-state index in [1.807, 2.05) is 19.1 Å². The van der Waals surface area contributed by atoms with Crippen LogP contribution in [0.2, 0.25) is 0 Å². The molecule has 2 rings (SSSR count). The molecule has 0 fully saturated rings. The summed E-state index contributed by atoms with van der Waals surface area (Å²) in [7, 11) is 1.67. The van der Waals surface area contributed by atoms with Crippen LogP contribution < -0.4 is 27.2 Å². The first-order valence-corrected chi connectivity index (χ1v) is 7.29. The Morgan fingerprint density at radius 3 is 2.18 bits per heavy atom. The number of nitrogens with one attached hydrogen (secondary N) is 1. The molecule has 0 radical (unpaired) electrons. The van der Waals surface area contributed by atoms with Crippen LogP contribution in [0.5, 0.6) is 11.5 Å². The van der Waals surface area contributed by atoms with Crippen LogP contribution in [-0.2, 0) is 13.1 Å². The van der Waals surface area contributed by atoms with Gasteiger partial charge in [-0.2, -0.15) is 0 Å². The van der Waals surface area contributed by atoms with E-state index in [1.165, 1.54) is 16.7 Å². The van der Waals surface area contributed by atoms with Crippen molar-refractivity contribution in [3.05, 3.63) is 59.2 Å². The first-order chi connectivity index (χ1) is 10.2. The molecule has 0 saturated carbocycles. The smallest absolute Gasteiger partial charge is 0.161 e. The molecule has 0 unspecified atom stereocenters. The topological polar surface area (TPSA) is 30.5 Å². The Hall–Kier alpha value is -1.71. The van der Waals surface area contributed by atoms with E-state index in [0.29, 0.717) is 6.61 Å². The van der Waals surface area contributed by atoms with E-state index < -0.39 is 0 Å². The number of aryl methyl sites for hydroxylation is 1. The minimum Gasteiger partial charge on any atom is -1.00 e.